The number of hydrogen-bond acceptors (Lipinski definition) is 9. The SMILES string of the molecule is CNc1nc2ncc(CNC(=O)c3cccn4c(C(=O)N[C@@H](CO)CC(C)C)c(-c5ccccn5)nc34)cc2s1. The summed E-state index contributed by atoms with van der Waals surface area (Å²) in [5.41, 5.74) is 3.20. The van der Waals surface area contributed by atoms with Gasteiger partial charge in [-0.1, -0.05) is 31.3 Å². The zero-order chi connectivity index (χ0) is 28.2. The lowest BCUT2D eigenvalue weighted by atomic mass is 10.0. The average molecular weight is 559 g/mol. The number of thiazole rings is 1. The van der Waals surface area contributed by atoms with E-state index in [9.17, 15) is 14.7 Å². The average Bonchev–Trinajstić information content (AvgIpc) is 3.57. The van der Waals surface area contributed by atoms with Crippen molar-refractivity contribution in [2.75, 3.05) is 19.0 Å². The molecular weight excluding hydrogens is 528 g/mol. The van der Waals surface area contributed by atoms with Crippen LogP contribution in [-0.4, -0.2) is 61.0 Å². The van der Waals surface area contributed by atoms with Gasteiger partial charge in [-0.05, 0) is 48.2 Å². The molecule has 5 aromatic rings. The van der Waals surface area contributed by atoms with E-state index in [1.54, 1.807) is 54.3 Å². The largest absolute Gasteiger partial charge is 0.394 e. The van der Waals surface area contributed by atoms with E-state index >= 15 is 0 Å². The van der Waals surface area contributed by atoms with Crippen molar-refractivity contribution >= 4 is 44.3 Å². The summed E-state index contributed by atoms with van der Waals surface area (Å²) < 4.78 is 2.52. The van der Waals surface area contributed by atoms with E-state index in [2.05, 4.69) is 30.9 Å². The first-order valence-corrected chi connectivity index (χ1v) is 13.7. The highest BCUT2D eigenvalue weighted by molar-refractivity contribution is 7.22. The summed E-state index contributed by atoms with van der Waals surface area (Å²) in [5.74, 6) is -0.471. The summed E-state index contributed by atoms with van der Waals surface area (Å²) >= 11 is 1.49. The van der Waals surface area contributed by atoms with Crippen LogP contribution in [0.1, 0.15) is 46.7 Å². The molecule has 0 aromatic carbocycles. The number of amides is 2. The van der Waals surface area contributed by atoms with E-state index in [0.29, 0.717) is 34.7 Å². The number of hydrogen-bond donors (Lipinski definition) is 4. The number of nitrogens with one attached hydrogen (secondary N) is 3. The number of carbonyl (C=O) groups is 2. The van der Waals surface area contributed by atoms with Crippen molar-refractivity contribution in [2.45, 2.75) is 32.9 Å². The number of aromatic nitrogens is 5. The highest BCUT2D eigenvalue weighted by atomic mass is 32.1. The zero-order valence-corrected chi connectivity index (χ0v) is 23.2. The fourth-order valence-electron chi connectivity index (χ4n) is 4.49. The summed E-state index contributed by atoms with van der Waals surface area (Å²) in [7, 11) is 1.81. The van der Waals surface area contributed by atoms with Crippen LogP contribution >= 0.6 is 11.3 Å². The number of nitrogens with zero attached hydrogens (tertiary/aromatic N) is 5. The van der Waals surface area contributed by atoms with Gasteiger partial charge in [0.1, 0.15) is 11.4 Å². The van der Waals surface area contributed by atoms with E-state index in [0.717, 1.165) is 15.4 Å². The van der Waals surface area contributed by atoms with E-state index in [1.165, 1.54) is 11.3 Å². The maximum Gasteiger partial charge on any atom is 0.270 e. The highest BCUT2D eigenvalue weighted by Crippen LogP contribution is 2.26. The van der Waals surface area contributed by atoms with Crippen LogP contribution < -0.4 is 16.0 Å². The zero-order valence-electron chi connectivity index (χ0n) is 22.4. The normalized spacial score (nSPS) is 12.1. The molecule has 40 heavy (non-hydrogen) atoms. The Balaban J connectivity index is 1.47. The number of aliphatic hydroxyl groups excluding tert-OH is 1. The van der Waals surface area contributed by atoms with Gasteiger partial charge in [-0.2, -0.15) is 0 Å². The number of imidazole rings is 1. The van der Waals surface area contributed by atoms with Crippen molar-refractivity contribution in [3.8, 4) is 11.4 Å². The summed E-state index contributed by atoms with van der Waals surface area (Å²) in [6.07, 6.45) is 5.62. The van der Waals surface area contributed by atoms with Crippen molar-refractivity contribution in [1.29, 1.82) is 0 Å². The number of aliphatic hydroxyl groups is 1. The molecule has 5 rings (SSSR count). The molecular formula is C28H30N8O3S. The molecule has 12 heteroatoms. The van der Waals surface area contributed by atoms with Gasteiger partial charge in [0.25, 0.3) is 11.8 Å². The second-order valence-corrected chi connectivity index (χ2v) is 10.8. The lowest BCUT2D eigenvalue weighted by Crippen LogP contribution is -2.39. The number of pyridine rings is 3. The van der Waals surface area contributed by atoms with Gasteiger partial charge in [0, 0.05) is 32.2 Å². The Labute approximate surface area is 234 Å². The lowest BCUT2D eigenvalue weighted by Gasteiger charge is -2.18. The highest BCUT2D eigenvalue weighted by Gasteiger charge is 2.26. The number of rotatable bonds is 10. The number of fused-ring (bicyclic) bond motifs is 2. The van der Waals surface area contributed by atoms with E-state index in [-0.39, 0.29) is 30.7 Å². The van der Waals surface area contributed by atoms with Crippen LogP contribution in [0.25, 0.3) is 27.4 Å². The fourth-order valence-corrected chi connectivity index (χ4v) is 5.33. The molecule has 0 aliphatic heterocycles. The molecule has 206 valence electrons. The van der Waals surface area contributed by atoms with Crippen LogP contribution in [0.3, 0.4) is 0 Å². The molecule has 0 saturated carbocycles. The van der Waals surface area contributed by atoms with Gasteiger partial charge in [-0.25, -0.2) is 15.0 Å². The van der Waals surface area contributed by atoms with Gasteiger partial charge < -0.3 is 21.1 Å². The number of anilines is 1. The molecule has 2 amide bonds. The van der Waals surface area contributed by atoms with Gasteiger partial charge >= 0.3 is 0 Å². The van der Waals surface area contributed by atoms with Crippen molar-refractivity contribution in [3.63, 3.8) is 0 Å². The lowest BCUT2D eigenvalue weighted by molar-refractivity contribution is 0.0901. The van der Waals surface area contributed by atoms with E-state index in [4.69, 9.17) is 4.98 Å². The van der Waals surface area contributed by atoms with Crippen LogP contribution in [0.15, 0.2) is 55.0 Å². The predicted octanol–water partition coefficient (Wildman–Crippen LogP) is 3.51. The Morgan fingerprint density at radius 3 is 2.67 bits per heavy atom. The third-order valence-corrected chi connectivity index (χ3v) is 7.31. The molecule has 0 saturated heterocycles. The predicted molar refractivity (Wildman–Crippen MR) is 154 cm³/mol. The first-order valence-electron chi connectivity index (χ1n) is 12.9. The van der Waals surface area contributed by atoms with Crippen LogP contribution in [-0.2, 0) is 6.54 Å². The second kappa shape index (κ2) is 11.8. The van der Waals surface area contributed by atoms with Crippen molar-refractivity contribution in [3.05, 3.63) is 71.8 Å². The summed E-state index contributed by atoms with van der Waals surface area (Å²) in [6.45, 7) is 4.12. The molecule has 0 fully saturated rings. The van der Waals surface area contributed by atoms with Crippen molar-refractivity contribution in [1.82, 2.24) is 35.0 Å². The fraction of sp³-hybridized carbons (Fsp3) is 0.286. The van der Waals surface area contributed by atoms with Crippen molar-refractivity contribution in [2.24, 2.45) is 5.92 Å². The minimum absolute atomic E-state index is 0.189. The topological polar surface area (TPSA) is 146 Å². The monoisotopic (exact) mass is 558 g/mol. The summed E-state index contributed by atoms with van der Waals surface area (Å²) in [4.78, 5) is 44.8. The molecule has 0 bridgehead atoms. The Morgan fingerprint density at radius 2 is 1.95 bits per heavy atom. The van der Waals surface area contributed by atoms with E-state index in [1.807, 2.05) is 26.0 Å². The Kier molecular flexibility index (Phi) is 7.99. The molecule has 5 aromatic heterocycles. The molecule has 0 aliphatic rings. The third kappa shape index (κ3) is 5.63. The van der Waals surface area contributed by atoms with E-state index < -0.39 is 11.9 Å². The molecule has 11 nitrogen and oxygen atoms in total. The Morgan fingerprint density at radius 1 is 1.10 bits per heavy atom. The molecule has 5 heterocycles. The first kappa shape index (κ1) is 27.2. The second-order valence-electron chi connectivity index (χ2n) is 9.74. The molecule has 0 unspecified atom stereocenters. The Hall–Kier alpha value is -4.42. The van der Waals surface area contributed by atoms with Crippen LogP contribution in [0, 0.1) is 5.92 Å². The molecule has 0 spiro atoms. The minimum atomic E-state index is -0.421. The molecule has 0 radical (unpaired) electrons. The number of carbonyl (C=O) groups excluding carboxylic acids is 2. The van der Waals surface area contributed by atoms with Crippen LogP contribution in [0.4, 0.5) is 5.13 Å². The quantitative estimate of drug-likeness (QED) is 0.204. The van der Waals surface area contributed by atoms with Gasteiger partial charge in [-0.3, -0.25) is 19.0 Å². The van der Waals surface area contributed by atoms with Gasteiger partial charge in [0.05, 0.1) is 28.6 Å². The summed E-state index contributed by atoms with van der Waals surface area (Å²) in [6, 6.07) is 10.2. The first-order chi connectivity index (χ1) is 19.4. The van der Waals surface area contributed by atoms with Crippen LogP contribution in [0.5, 0.6) is 0 Å². The standard InChI is InChI=1S/C28H30N8O3S/c1-16(2)11-18(15-37)33-27(39)23-22(20-8-4-5-9-30-20)34-25-19(7-6-10-36(23)25)26(38)32-14-17-12-21-24(31-13-17)35-28(29-3)40-21/h4-10,12-13,16,18,37H,11,14-15H2,1-3H3,(H,32,38)(H,33,39)(H,29,31,35)/t18-/m1/s1. The molecule has 1 atom stereocenters. The minimum Gasteiger partial charge on any atom is -0.394 e. The third-order valence-electron chi connectivity index (χ3n) is 6.30. The van der Waals surface area contributed by atoms with Gasteiger partial charge in [0.2, 0.25) is 0 Å². The van der Waals surface area contributed by atoms with Crippen LogP contribution in [0.2, 0.25) is 0 Å². The van der Waals surface area contributed by atoms with Gasteiger partial charge in [0.15, 0.2) is 16.4 Å². The molecule has 0 aliphatic carbocycles. The Bertz CT molecular complexity index is 1660. The summed E-state index contributed by atoms with van der Waals surface area (Å²) in [5, 5.41) is 19.5. The van der Waals surface area contributed by atoms with Gasteiger partial charge in [-0.15, -0.1) is 0 Å². The maximum absolute atomic E-state index is 13.6. The smallest absolute Gasteiger partial charge is 0.270 e. The maximum atomic E-state index is 13.6. The molecule has 4 N–H and O–H groups in total. The van der Waals surface area contributed by atoms with Crippen molar-refractivity contribution < 1.29 is 14.7 Å².